The molecule has 0 aliphatic carbocycles. The van der Waals surface area contributed by atoms with Crippen LogP contribution in [0.4, 0.5) is 4.39 Å². The minimum Gasteiger partial charge on any atom is -0.470 e. The lowest BCUT2D eigenvalue weighted by atomic mass is 9.98. The standard InChI is InChI=1S/C18H19FN2O4/c19-15-4-1-6-20-17(15)25-14-10-18(24-11-14)5-7-21(12-18)16(22)9-13-3-2-8-23-13/h1-4,6,8,14H,5,7,9-12H2/t14-,18-/m0/s1. The largest absolute Gasteiger partial charge is 0.470 e. The Bertz CT molecular complexity index is 751. The van der Waals surface area contributed by atoms with Crippen LogP contribution in [-0.2, 0) is 16.0 Å². The summed E-state index contributed by atoms with van der Waals surface area (Å²) < 4.78 is 30.5. The van der Waals surface area contributed by atoms with Crippen LogP contribution in [0.15, 0.2) is 41.1 Å². The molecule has 1 amide bonds. The molecule has 0 unspecified atom stereocenters. The summed E-state index contributed by atoms with van der Waals surface area (Å²) in [5.74, 6) is 0.197. The second kappa shape index (κ2) is 6.48. The number of amides is 1. The molecule has 2 aromatic rings. The van der Waals surface area contributed by atoms with E-state index in [1.165, 1.54) is 18.3 Å². The first-order valence-corrected chi connectivity index (χ1v) is 8.35. The van der Waals surface area contributed by atoms with Crippen molar-refractivity contribution in [1.82, 2.24) is 9.88 Å². The van der Waals surface area contributed by atoms with Gasteiger partial charge in [0.1, 0.15) is 11.9 Å². The van der Waals surface area contributed by atoms with Gasteiger partial charge in [-0.2, -0.15) is 0 Å². The molecule has 132 valence electrons. The average Bonchev–Trinajstić information content (AvgIpc) is 3.33. The summed E-state index contributed by atoms with van der Waals surface area (Å²) in [5.41, 5.74) is -0.408. The first kappa shape index (κ1) is 16.1. The number of carbonyl (C=O) groups is 1. The first-order valence-electron chi connectivity index (χ1n) is 8.35. The molecule has 0 aromatic carbocycles. The summed E-state index contributed by atoms with van der Waals surface area (Å²) in [7, 11) is 0. The third-order valence-electron chi connectivity index (χ3n) is 4.75. The highest BCUT2D eigenvalue weighted by atomic mass is 19.1. The van der Waals surface area contributed by atoms with Gasteiger partial charge in [0, 0.05) is 25.7 Å². The molecule has 4 rings (SSSR count). The van der Waals surface area contributed by atoms with Crippen molar-refractivity contribution in [3.8, 4) is 5.88 Å². The van der Waals surface area contributed by atoms with Crippen molar-refractivity contribution in [1.29, 1.82) is 0 Å². The van der Waals surface area contributed by atoms with E-state index in [2.05, 4.69) is 4.98 Å². The maximum absolute atomic E-state index is 13.7. The lowest BCUT2D eigenvalue weighted by Gasteiger charge is -2.23. The maximum atomic E-state index is 13.7. The molecule has 6 nitrogen and oxygen atoms in total. The van der Waals surface area contributed by atoms with E-state index >= 15 is 0 Å². The Morgan fingerprint density at radius 3 is 3.16 bits per heavy atom. The average molecular weight is 346 g/mol. The predicted octanol–water partition coefficient (Wildman–Crippen LogP) is 2.20. The molecular formula is C18H19FN2O4. The van der Waals surface area contributed by atoms with Crippen molar-refractivity contribution < 1.29 is 23.1 Å². The molecule has 0 radical (unpaired) electrons. The van der Waals surface area contributed by atoms with Crippen molar-refractivity contribution in [3.05, 3.63) is 48.3 Å². The van der Waals surface area contributed by atoms with E-state index in [0.29, 0.717) is 31.9 Å². The Labute approximate surface area is 144 Å². The summed E-state index contributed by atoms with van der Waals surface area (Å²) in [6, 6.07) is 6.40. The second-order valence-electron chi connectivity index (χ2n) is 6.55. The lowest BCUT2D eigenvalue weighted by molar-refractivity contribution is -0.130. The van der Waals surface area contributed by atoms with Gasteiger partial charge in [0.15, 0.2) is 5.82 Å². The van der Waals surface area contributed by atoms with Gasteiger partial charge in [0.25, 0.3) is 5.88 Å². The Hall–Kier alpha value is -2.41. The number of furan rings is 1. The SMILES string of the molecule is O=C(Cc1ccco1)N1CC[C@]2(C[C@H](Oc3ncccc3F)CO2)C1. The quantitative estimate of drug-likeness (QED) is 0.849. The van der Waals surface area contributed by atoms with Gasteiger partial charge in [-0.3, -0.25) is 4.79 Å². The van der Waals surface area contributed by atoms with E-state index < -0.39 is 11.4 Å². The van der Waals surface area contributed by atoms with Crippen molar-refractivity contribution in [2.45, 2.75) is 31.0 Å². The number of hydrogen-bond donors (Lipinski definition) is 0. The summed E-state index contributed by atoms with van der Waals surface area (Å²) in [6.07, 6.45) is 4.42. The molecule has 2 saturated heterocycles. The maximum Gasteiger partial charge on any atom is 0.250 e. The monoisotopic (exact) mass is 346 g/mol. The van der Waals surface area contributed by atoms with Gasteiger partial charge in [-0.1, -0.05) is 0 Å². The van der Waals surface area contributed by atoms with E-state index in [0.717, 1.165) is 6.42 Å². The number of rotatable bonds is 4. The van der Waals surface area contributed by atoms with E-state index in [1.807, 2.05) is 0 Å². The predicted molar refractivity (Wildman–Crippen MR) is 85.5 cm³/mol. The fourth-order valence-corrected chi connectivity index (χ4v) is 3.51. The number of pyridine rings is 1. The lowest BCUT2D eigenvalue weighted by Crippen LogP contribution is -2.36. The van der Waals surface area contributed by atoms with Crippen LogP contribution in [0.25, 0.3) is 0 Å². The van der Waals surface area contributed by atoms with Crippen LogP contribution in [0.1, 0.15) is 18.6 Å². The van der Waals surface area contributed by atoms with Crippen molar-refractivity contribution in [2.24, 2.45) is 0 Å². The van der Waals surface area contributed by atoms with Crippen LogP contribution in [0.2, 0.25) is 0 Å². The fourth-order valence-electron chi connectivity index (χ4n) is 3.51. The third kappa shape index (κ3) is 3.37. The third-order valence-corrected chi connectivity index (χ3v) is 4.75. The van der Waals surface area contributed by atoms with Gasteiger partial charge in [-0.15, -0.1) is 0 Å². The highest BCUT2D eigenvalue weighted by Gasteiger charge is 2.47. The number of halogens is 1. The normalized spacial score (nSPS) is 25.6. The number of aromatic nitrogens is 1. The minimum atomic E-state index is -0.481. The van der Waals surface area contributed by atoms with Crippen molar-refractivity contribution >= 4 is 5.91 Å². The molecule has 2 fully saturated rings. The molecule has 0 N–H and O–H groups in total. The summed E-state index contributed by atoms with van der Waals surface area (Å²) in [5, 5.41) is 0. The fraction of sp³-hybridized carbons (Fsp3) is 0.444. The Morgan fingerprint density at radius 2 is 2.36 bits per heavy atom. The molecule has 1 spiro atoms. The van der Waals surface area contributed by atoms with Gasteiger partial charge in [0.2, 0.25) is 5.91 Å². The highest BCUT2D eigenvalue weighted by molar-refractivity contribution is 5.78. The minimum absolute atomic E-state index is 0.00287. The zero-order valence-corrected chi connectivity index (χ0v) is 13.7. The van der Waals surface area contributed by atoms with Crippen LogP contribution in [0.5, 0.6) is 5.88 Å². The van der Waals surface area contributed by atoms with E-state index in [-0.39, 0.29) is 24.3 Å². The molecule has 7 heteroatoms. The zero-order chi connectivity index (χ0) is 17.3. The van der Waals surface area contributed by atoms with Gasteiger partial charge in [-0.25, -0.2) is 9.37 Å². The number of carbonyl (C=O) groups excluding carboxylic acids is 1. The summed E-state index contributed by atoms with van der Waals surface area (Å²) in [6.45, 7) is 1.54. The molecule has 0 bridgehead atoms. The zero-order valence-electron chi connectivity index (χ0n) is 13.7. The Kier molecular flexibility index (Phi) is 4.17. The molecule has 2 aromatic heterocycles. The number of ether oxygens (including phenoxy) is 2. The second-order valence-corrected chi connectivity index (χ2v) is 6.55. The molecule has 2 aliphatic heterocycles. The highest BCUT2D eigenvalue weighted by Crippen LogP contribution is 2.36. The topological polar surface area (TPSA) is 64.8 Å². The Morgan fingerprint density at radius 1 is 1.44 bits per heavy atom. The summed E-state index contributed by atoms with van der Waals surface area (Å²) >= 11 is 0. The van der Waals surface area contributed by atoms with E-state index in [9.17, 15) is 9.18 Å². The first-order chi connectivity index (χ1) is 12.1. The molecule has 25 heavy (non-hydrogen) atoms. The van der Waals surface area contributed by atoms with Crippen molar-refractivity contribution in [3.63, 3.8) is 0 Å². The van der Waals surface area contributed by atoms with Gasteiger partial charge in [-0.05, 0) is 30.7 Å². The number of hydrogen-bond acceptors (Lipinski definition) is 5. The van der Waals surface area contributed by atoms with Gasteiger partial charge >= 0.3 is 0 Å². The molecule has 2 atom stereocenters. The van der Waals surface area contributed by atoms with E-state index in [4.69, 9.17) is 13.9 Å². The molecular weight excluding hydrogens is 327 g/mol. The molecule has 4 heterocycles. The van der Waals surface area contributed by atoms with Gasteiger partial charge < -0.3 is 18.8 Å². The number of nitrogens with zero attached hydrogens (tertiary/aromatic N) is 2. The van der Waals surface area contributed by atoms with E-state index in [1.54, 1.807) is 23.3 Å². The summed E-state index contributed by atoms with van der Waals surface area (Å²) in [4.78, 5) is 18.1. The van der Waals surface area contributed by atoms with Crippen LogP contribution >= 0.6 is 0 Å². The van der Waals surface area contributed by atoms with Crippen LogP contribution in [-0.4, -0.2) is 47.2 Å². The smallest absolute Gasteiger partial charge is 0.250 e. The number of likely N-dealkylation sites (tertiary alicyclic amines) is 1. The van der Waals surface area contributed by atoms with Gasteiger partial charge in [0.05, 0.1) is 24.9 Å². The Balaban J connectivity index is 1.35. The molecule has 0 saturated carbocycles. The van der Waals surface area contributed by atoms with Crippen LogP contribution in [0, 0.1) is 5.82 Å². The van der Waals surface area contributed by atoms with Crippen LogP contribution in [0.3, 0.4) is 0 Å². The van der Waals surface area contributed by atoms with Crippen LogP contribution < -0.4 is 4.74 Å². The molecule has 2 aliphatic rings. The van der Waals surface area contributed by atoms with Crippen molar-refractivity contribution in [2.75, 3.05) is 19.7 Å².